The number of imide groups is 1. The Balaban J connectivity index is 1.68. The highest BCUT2D eigenvalue weighted by atomic mass is 16.2. The molecule has 2 aliphatic rings. The Bertz CT molecular complexity index is 884. The molecule has 2 atom stereocenters. The highest BCUT2D eigenvalue weighted by Crippen LogP contribution is 2.35. The van der Waals surface area contributed by atoms with Crippen molar-refractivity contribution in [3.63, 3.8) is 0 Å². The largest absolute Gasteiger partial charge is 0.301 e. The molecule has 124 valence electrons. The van der Waals surface area contributed by atoms with Crippen LogP contribution in [0.3, 0.4) is 0 Å². The Hall–Kier alpha value is -3.28. The number of aldehydes is 1. The van der Waals surface area contributed by atoms with Gasteiger partial charge in [-0.15, -0.1) is 0 Å². The number of nitrogens with zero attached hydrogens (tertiary/aromatic N) is 2. The van der Waals surface area contributed by atoms with Crippen LogP contribution in [-0.2, 0) is 9.59 Å². The van der Waals surface area contributed by atoms with E-state index in [2.05, 4.69) is 0 Å². The topological polar surface area (TPSA) is 74.8 Å². The van der Waals surface area contributed by atoms with Gasteiger partial charge in [0.05, 0.1) is 11.1 Å². The van der Waals surface area contributed by atoms with Crippen molar-refractivity contribution in [2.24, 2.45) is 0 Å². The summed E-state index contributed by atoms with van der Waals surface area (Å²) in [4.78, 5) is 51.6. The lowest BCUT2D eigenvalue weighted by Gasteiger charge is -2.46. The van der Waals surface area contributed by atoms with Crippen LogP contribution in [0.2, 0.25) is 0 Å². The quantitative estimate of drug-likeness (QED) is 0.485. The van der Waals surface area contributed by atoms with E-state index in [9.17, 15) is 19.2 Å². The maximum Gasteiger partial charge on any atom is 0.262 e. The molecule has 4 rings (SSSR count). The van der Waals surface area contributed by atoms with Crippen molar-refractivity contribution in [1.82, 2.24) is 4.90 Å². The number of carbonyl (C=O) groups excluding carboxylic acids is 4. The van der Waals surface area contributed by atoms with Crippen LogP contribution in [0.25, 0.3) is 0 Å². The number of hydrogen-bond donors (Lipinski definition) is 0. The van der Waals surface area contributed by atoms with Gasteiger partial charge in [0.1, 0.15) is 18.4 Å². The number of β-lactam (4-membered cyclic amide) rings is 1. The van der Waals surface area contributed by atoms with Crippen LogP contribution in [0.1, 0.15) is 26.3 Å². The number of rotatable bonds is 3. The van der Waals surface area contributed by atoms with E-state index in [1.807, 2.05) is 19.1 Å². The molecule has 0 radical (unpaired) electrons. The summed E-state index contributed by atoms with van der Waals surface area (Å²) in [5, 5.41) is 0. The molecule has 1 fully saturated rings. The van der Waals surface area contributed by atoms with E-state index in [4.69, 9.17) is 0 Å². The van der Waals surface area contributed by atoms with Crippen molar-refractivity contribution in [2.45, 2.75) is 19.0 Å². The molecule has 3 amide bonds. The van der Waals surface area contributed by atoms with Gasteiger partial charge in [-0.25, -0.2) is 0 Å². The van der Waals surface area contributed by atoms with Gasteiger partial charge in [-0.3, -0.25) is 24.2 Å². The third kappa shape index (κ3) is 2.04. The highest BCUT2D eigenvalue weighted by Gasteiger charge is 2.56. The number of fused-ring (bicyclic) bond motifs is 1. The molecule has 6 nitrogen and oxygen atoms in total. The Morgan fingerprint density at radius 3 is 1.92 bits per heavy atom. The minimum atomic E-state index is -1.09. The van der Waals surface area contributed by atoms with Gasteiger partial charge in [-0.1, -0.05) is 29.8 Å². The van der Waals surface area contributed by atoms with E-state index in [1.165, 1.54) is 4.90 Å². The third-order valence-corrected chi connectivity index (χ3v) is 4.67. The molecule has 25 heavy (non-hydrogen) atoms. The molecule has 0 aliphatic carbocycles. The molecule has 0 saturated carbocycles. The molecule has 0 unspecified atom stereocenters. The Morgan fingerprint density at radius 2 is 1.40 bits per heavy atom. The highest BCUT2D eigenvalue weighted by molar-refractivity contribution is 6.25. The minimum Gasteiger partial charge on any atom is -0.301 e. The second-order valence-electron chi connectivity index (χ2n) is 6.14. The minimum absolute atomic E-state index is 0.263. The molecule has 2 aliphatic heterocycles. The second-order valence-corrected chi connectivity index (χ2v) is 6.14. The van der Waals surface area contributed by atoms with Crippen molar-refractivity contribution in [3.05, 3.63) is 65.2 Å². The van der Waals surface area contributed by atoms with E-state index >= 15 is 0 Å². The van der Waals surface area contributed by atoms with Gasteiger partial charge >= 0.3 is 0 Å². The fourth-order valence-corrected chi connectivity index (χ4v) is 3.36. The van der Waals surface area contributed by atoms with Gasteiger partial charge in [-0.05, 0) is 31.2 Å². The maximum atomic E-state index is 12.7. The van der Waals surface area contributed by atoms with Crippen LogP contribution in [0, 0.1) is 6.92 Å². The van der Waals surface area contributed by atoms with Crippen LogP contribution >= 0.6 is 0 Å². The van der Waals surface area contributed by atoms with E-state index in [-0.39, 0.29) is 11.1 Å². The fraction of sp³-hybridized carbons (Fsp3) is 0.158. The van der Waals surface area contributed by atoms with Gasteiger partial charge in [-0.2, -0.15) is 0 Å². The Kier molecular flexibility index (Phi) is 3.28. The standard InChI is InChI=1S/C19H14N2O4/c1-11-6-8-12(9-7-11)20-15(10-22)16(19(20)25)21-17(23)13-4-2-3-5-14(13)18(21)24/h2-10,15-16H,1H3/t15-,16+/m1/s1. The van der Waals surface area contributed by atoms with Gasteiger partial charge in [0.25, 0.3) is 17.7 Å². The van der Waals surface area contributed by atoms with Crippen molar-refractivity contribution >= 4 is 29.7 Å². The van der Waals surface area contributed by atoms with Crippen LogP contribution < -0.4 is 4.90 Å². The molecule has 2 aromatic rings. The number of anilines is 1. The van der Waals surface area contributed by atoms with E-state index in [0.717, 1.165) is 10.5 Å². The third-order valence-electron chi connectivity index (χ3n) is 4.67. The predicted molar refractivity (Wildman–Crippen MR) is 89.2 cm³/mol. The zero-order valence-corrected chi connectivity index (χ0v) is 13.4. The smallest absolute Gasteiger partial charge is 0.262 e. The number of carbonyl (C=O) groups is 4. The molecule has 2 heterocycles. The number of hydrogen-bond acceptors (Lipinski definition) is 4. The summed E-state index contributed by atoms with van der Waals surface area (Å²) in [5.41, 5.74) is 2.12. The predicted octanol–water partition coefficient (Wildman–Crippen LogP) is 1.57. The molecule has 0 spiro atoms. The fourth-order valence-electron chi connectivity index (χ4n) is 3.36. The summed E-state index contributed by atoms with van der Waals surface area (Å²) in [6.45, 7) is 1.92. The lowest BCUT2D eigenvalue weighted by atomic mass is 9.93. The molecular weight excluding hydrogens is 320 g/mol. The van der Waals surface area contributed by atoms with E-state index in [1.54, 1.807) is 36.4 Å². The van der Waals surface area contributed by atoms with Crippen LogP contribution in [0.5, 0.6) is 0 Å². The molecule has 0 N–H and O–H groups in total. The lowest BCUT2D eigenvalue weighted by molar-refractivity contribution is -0.133. The zero-order valence-electron chi connectivity index (χ0n) is 13.4. The van der Waals surface area contributed by atoms with E-state index < -0.39 is 29.8 Å². The van der Waals surface area contributed by atoms with Crippen LogP contribution in [0.4, 0.5) is 5.69 Å². The number of aryl methyl sites for hydroxylation is 1. The van der Waals surface area contributed by atoms with Crippen molar-refractivity contribution in [2.75, 3.05) is 4.90 Å². The monoisotopic (exact) mass is 334 g/mol. The zero-order chi connectivity index (χ0) is 17.7. The number of amides is 3. The Labute approximate surface area is 143 Å². The van der Waals surface area contributed by atoms with Gasteiger partial charge in [0.2, 0.25) is 0 Å². The van der Waals surface area contributed by atoms with Crippen molar-refractivity contribution < 1.29 is 19.2 Å². The SMILES string of the molecule is Cc1ccc(N2C(=O)[C@@H](N3C(=O)c4ccccc4C3=O)[C@H]2C=O)cc1. The average molecular weight is 334 g/mol. The first-order chi connectivity index (χ1) is 12.0. The first kappa shape index (κ1) is 15.3. The molecule has 2 aromatic carbocycles. The van der Waals surface area contributed by atoms with Crippen molar-refractivity contribution in [1.29, 1.82) is 0 Å². The summed E-state index contributed by atoms with van der Waals surface area (Å²) in [6, 6.07) is 11.6. The summed E-state index contributed by atoms with van der Waals surface area (Å²) in [7, 11) is 0. The molecule has 0 aromatic heterocycles. The summed E-state index contributed by atoms with van der Waals surface area (Å²) < 4.78 is 0. The summed E-state index contributed by atoms with van der Waals surface area (Å²) in [6.07, 6.45) is 0.607. The molecular formula is C19H14N2O4. The van der Waals surface area contributed by atoms with Gasteiger partial charge in [0.15, 0.2) is 0 Å². The van der Waals surface area contributed by atoms with Gasteiger partial charge in [0, 0.05) is 5.69 Å². The summed E-state index contributed by atoms with van der Waals surface area (Å²) >= 11 is 0. The molecule has 6 heteroatoms. The molecule has 1 saturated heterocycles. The van der Waals surface area contributed by atoms with Crippen LogP contribution in [-0.4, -0.2) is 41.0 Å². The Morgan fingerprint density at radius 1 is 0.840 bits per heavy atom. The summed E-state index contributed by atoms with van der Waals surface area (Å²) in [5.74, 6) is -1.50. The maximum absolute atomic E-state index is 12.7. The van der Waals surface area contributed by atoms with Gasteiger partial charge < -0.3 is 4.79 Å². The van der Waals surface area contributed by atoms with Crippen molar-refractivity contribution in [3.8, 4) is 0 Å². The molecule has 0 bridgehead atoms. The average Bonchev–Trinajstić information content (AvgIpc) is 2.87. The first-order valence-electron chi connectivity index (χ1n) is 7.86. The second kappa shape index (κ2) is 5.37. The first-order valence-corrected chi connectivity index (χ1v) is 7.86. The lowest BCUT2D eigenvalue weighted by Crippen LogP contribution is -2.72. The normalized spacial score (nSPS) is 22.0. The van der Waals surface area contributed by atoms with Crippen LogP contribution in [0.15, 0.2) is 48.5 Å². The van der Waals surface area contributed by atoms with E-state index in [0.29, 0.717) is 12.0 Å². The number of benzene rings is 2.